The molecule has 0 saturated heterocycles. The molecule has 0 unspecified atom stereocenters. The standard InChI is InChI=1S/C27H27N3O6/c1-3-33-24-12-19(7-9-22(24)34-16-20-6-4-5-18(2)11-20)14-29-30-26(31)15-28-27(32)21-8-10-23-25(13-21)36-17-35-23/h4-14H,3,15-17H2,1-2H3,(H,28,32)(H,30,31)/b29-14+. The zero-order valence-corrected chi connectivity index (χ0v) is 20.1. The summed E-state index contributed by atoms with van der Waals surface area (Å²) in [5.41, 5.74) is 5.71. The molecule has 1 aliphatic rings. The van der Waals surface area contributed by atoms with Crippen LogP contribution in [0, 0.1) is 6.92 Å². The van der Waals surface area contributed by atoms with Crippen molar-refractivity contribution in [3.8, 4) is 23.0 Å². The van der Waals surface area contributed by atoms with E-state index in [1.54, 1.807) is 30.3 Å². The summed E-state index contributed by atoms with van der Waals surface area (Å²) in [5, 5.41) is 6.51. The highest BCUT2D eigenvalue weighted by atomic mass is 16.7. The van der Waals surface area contributed by atoms with Gasteiger partial charge in [-0.15, -0.1) is 0 Å². The predicted molar refractivity (Wildman–Crippen MR) is 134 cm³/mol. The molecule has 186 valence electrons. The van der Waals surface area contributed by atoms with Gasteiger partial charge in [0.2, 0.25) is 6.79 Å². The molecule has 1 aliphatic heterocycles. The fourth-order valence-electron chi connectivity index (χ4n) is 3.47. The third kappa shape index (κ3) is 6.53. The maximum atomic E-state index is 12.3. The molecule has 0 radical (unpaired) electrons. The van der Waals surface area contributed by atoms with E-state index in [4.69, 9.17) is 18.9 Å². The molecule has 0 atom stereocenters. The monoisotopic (exact) mass is 489 g/mol. The highest BCUT2D eigenvalue weighted by Crippen LogP contribution is 2.32. The van der Waals surface area contributed by atoms with Crippen LogP contribution in [-0.4, -0.2) is 38.0 Å². The quantitative estimate of drug-likeness (QED) is 0.333. The van der Waals surface area contributed by atoms with Crippen LogP contribution in [-0.2, 0) is 11.4 Å². The lowest BCUT2D eigenvalue weighted by molar-refractivity contribution is -0.120. The maximum absolute atomic E-state index is 12.3. The summed E-state index contributed by atoms with van der Waals surface area (Å²) in [6.45, 7) is 4.71. The lowest BCUT2D eigenvalue weighted by Crippen LogP contribution is -2.34. The summed E-state index contributed by atoms with van der Waals surface area (Å²) in [7, 11) is 0. The van der Waals surface area contributed by atoms with E-state index in [0.717, 1.165) is 5.56 Å². The van der Waals surface area contributed by atoms with E-state index in [0.29, 0.717) is 47.3 Å². The molecule has 3 aromatic rings. The minimum absolute atomic E-state index is 0.121. The van der Waals surface area contributed by atoms with Gasteiger partial charge in [0.1, 0.15) is 6.61 Å². The Balaban J connectivity index is 1.28. The second-order valence-electron chi connectivity index (χ2n) is 7.96. The van der Waals surface area contributed by atoms with E-state index in [2.05, 4.69) is 21.9 Å². The van der Waals surface area contributed by atoms with Crippen molar-refractivity contribution in [2.24, 2.45) is 5.10 Å². The molecular weight excluding hydrogens is 462 g/mol. The molecule has 0 fully saturated rings. The number of hydrogen-bond acceptors (Lipinski definition) is 7. The molecule has 0 spiro atoms. The number of rotatable bonds is 10. The van der Waals surface area contributed by atoms with E-state index >= 15 is 0 Å². The van der Waals surface area contributed by atoms with E-state index < -0.39 is 11.8 Å². The van der Waals surface area contributed by atoms with Gasteiger partial charge in [-0.25, -0.2) is 5.43 Å². The number of amides is 2. The van der Waals surface area contributed by atoms with Gasteiger partial charge in [0.05, 0.1) is 19.4 Å². The summed E-state index contributed by atoms with van der Waals surface area (Å²) >= 11 is 0. The first kappa shape index (κ1) is 24.6. The molecule has 0 aromatic heterocycles. The smallest absolute Gasteiger partial charge is 0.259 e. The Labute approximate surface area is 209 Å². The van der Waals surface area contributed by atoms with Crippen molar-refractivity contribution < 1.29 is 28.5 Å². The third-order valence-electron chi connectivity index (χ3n) is 5.19. The molecular formula is C27H27N3O6. The van der Waals surface area contributed by atoms with Crippen LogP contribution < -0.4 is 29.7 Å². The van der Waals surface area contributed by atoms with Crippen molar-refractivity contribution >= 4 is 18.0 Å². The molecule has 36 heavy (non-hydrogen) atoms. The number of ether oxygens (including phenoxy) is 4. The highest BCUT2D eigenvalue weighted by molar-refractivity contribution is 5.97. The largest absolute Gasteiger partial charge is 0.490 e. The van der Waals surface area contributed by atoms with Crippen LogP contribution in [0.5, 0.6) is 23.0 Å². The van der Waals surface area contributed by atoms with Gasteiger partial charge in [0.25, 0.3) is 11.8 Å². The molecule has 0 aliphatic carbocycles. The number of nitrogens with zero attached hydrogens (tertiary/aromatic N) is 1. The molecule has 1 heterocycles. The lowest BCUT2D eigenvalue weighted by Gasteiger charge is -2.13. The fraction of sp³-hybridized carbons (Fsp3) is 0.222. The van der Waals surface area contributed by atoms with Gasteiger partial charge in [0.15, 0.2) is 23.0 Å². The van der Waals surface area contributed by atoms with Crippen LogP contribution in [0.1, 0.15) is 34.0 Å². The van der Waals surface area contributed by atoms with Gasteiger partial charge in [-0.05, 0) is 61.4 Å². The Morgan fingerprint density at radius 3 is 2.69 bits per heavy atom. The van der Waals surface area contributed by atoms with Crippen molar-refractivity contribution in [1.82, 2.24) is 10.7 Å². The van der Waals surface area contributed by atoms with Crippen molar-refractivity contribution in [3.63, 3.8) is 0 Å². The van der Waals surface area contributed by atoms with Gasteiger partial charge in [-0.1, -0.05) is 29.8 Å². The van der Waals surface area contributed by atoms with Crippen LogP contribution in [0.25, 0.3) is 0 Å². The number of hydrogen-bond donors (Lipinski definition) is 2. The predicted octanol–water partition coefficient (Wildman–Crippen LogP) is 3.58. The van der Waals surface area contributed by atoms with Crippen molar-refractivity contribution in [2.75, 3.05) is 19.9 Å². The molecule has 9 nitrogen and oxygen atoms in total. The Kier molecular flexibility index (Phi) is 8.02. The van der Waals surface area contributed by atoms with Gasteiger partial charge in [0, 0.05) is 5.56 Å². The molecule has 4 rings (SSSR count). The first-order chi connectivity index (χ1) is 17.5. The summed E-state index contributed by atoms with van der Waals surface area (Å²) in [6, 6.07) is 18.3. The summed E-state index contributed by atoms with van der Waals surface area (Å²) in [5.74, 6) is 1.40. The number of fused-ring (bicyclic) bond motifs is 1. The SMILES string of the molecule is CCOc1cc(/C=N/NC(=O)CNC(=O)c2ccc3c(c2)OCO3)ccc1OCc1cccc(C)c1. The number of aryl methyl sites for hydroxylation is 1. The normalized spacial score (nSPS) is 11.8. The first-order valence-corrected chi connectivity index (χ1v) is 11.5. The van der Waals surface area contributed by atoms with Gasteiger partial charge < -0.3 is 24.3 Å². The fourth-order valence-corrected chi connectivity index (χ4v) is 3.47. The molecule has 9 heteroatoms. The van der Waals surface area contributed by atoms with Crippen molar-refractivity contribution in [1.29, 1.82) is 0 Å². The van der Waals surface area contributed by atoms with Gasteiger partial charge >= 0.3 is 0 Å². The number of carbonyl (C=O) groups excluding carboxylic acids is 2. The Morgan fingerprint density at radius 2 is 1.86 bits per heavy atom. The number of benzene rings is 3. The average Bonchev–Trinajstić information content (AvgIpc) is 3.35. The van der Waals surface area contributed by atoms with Crippen molar-refractivity contribution in [2.45, 2.75) is 20.5 Å². The molecule has 2 N–H and O–H groups in total. The Hall–Kier alpha value is -4.53. The molecule has 3 aromatic carbocycles. The van der Waals surface area contributed by atoms with Crippen LogP contribution in [0.3, 0.4) is 0 Å². The molecule has 0 bridgehead atoms. The molecule has 0 saturated carbocycles. The summed E-state index contributed by atoms with van der Waals surface area (Å²) in [4.78, 5) is 24.4. The van der Waals surface area contributed by atoms with Crippen LogP contribution in [0.2, 0.25) is 0 Å². The number of nitrogens with one attached hydrogen (secondary N) is 2. The number of carbonyl (C=O) groups is 2. The van der Waals surface area contributed by atoms with E-state index in [9.17, 15) is 9.59 Å². The highest BCUT2D eigenvalue weighted by Gasteiger charge is 2.16. The first-order valence-electron chi connectivity index (χ1n) is 11.5. The second-order valence-corrected chi connectivity index (χ2v) is 7.96. The zero-order chi connectivity index (χ0) is 25.3. The second kappa shape index (κ2) is 11.7. The average molecular weight is 490 g/mol. The minimum Gasteiger partial charge on any atom is -0.490 e. The third-order valence-corrected chi connectivity index (χ3v) is 5.19. The van der Waals surface area contributed by atoms with Crippen LogP contribution in [0.15, 0.2) is 65.8 Å². The zero-order valence-electron chi connectivity index (χ0n) is 20.1. The summed E-state index contributed by atoms with van der Waals surface area (Å²) < 4.78 is 22.1. The van der Waals surface area contributed by atoms with E-state index in [-0.39, 0.29) is 13.3 Å². The Morgan fingerprint density at radius 1 is 1.00 bits per heavy atom. The van der Waals surface area contributed by atoms with E-state index in [1.165, 1.54) is 11.8 Å². The van der Waals surface area contributed by atoms with Crippen molar-refractivity contribution in [3.05, 3.63) is 82.9 Å². The number of hydrazone groups is 1. The maximum Gasteiger partial charge on any atom is 0.259 e. The Bertz CT molecular complexity index is 1270. The summed E-state index contributed by atoms with van der Waals surface area (Å²) in [6.07, 6.45) is 1.49. The van der Waals surface area contributed by atoms with Crippen LogP contribution in [0.4, 0.5) is 0 Å². The topological polar surface area (TPSA) is 107 Å². The molecule has 2 amide bonds. The van der Waals surface area contributed by atoms with Gasteiger partial charge in [-0.2, -0.15) is 5.10 Å². The minimum atomic E-state index is -0.469. The van der Waals surface area contributed by atoms with Crippen LogP contribution >= 0.6 is 0 Å². The lowest BCUT2D eigenvalue weighted by atomic mass is 10.1. The van der Waals surface area contributed by atoms with E-state index in [1.807, 2.05) is 38.1 Å². The van der Waals surface area contributed by atoms with Gasteiger partial charge in [-0.3, -0.25) is 9.59 Å².